The fraction of sp³-hybridized carbons (Fsp3) is 0.440. The van der Waals surface area contributed by atoms with E-state index in [1.165, 1.54) is 5.56 Å². The van der Waals surface area contributed by atoms with Crippen LogP contribution in [0.1, 0.15) is 50.3 Å². The van der Waals surface area contributed by atoms with Crippen molar-refractivity contribution in [3.05, 3.63) is 65.2 Å². The average Bonchev–Trinajstić information content (AvgIpc) is 2.69. The summed E-state index contributed by atoms with van der Waals surface area (Å²) in [7, 11) is 0. The maximum absolute atomic E-state index is 12.8. The highest BCUT2D eigenvalue weighted by Gasteiger charge is 2.28. The Kier molecular flexibility index (Phi) is 6.41. The van der Waals surface area contributed by atoms with Crippen molar-refractivity contribution >= 4 is 17.5 Å². The van der Waals surface area contributed by atoms with Gasteiger partial charge in [0.2, 0.25) is 11.8 Å². The van der Waals surface area contributed by atoms with Crippen LogP contribution in [0.2, 0.25) is 0 Å². The zero-order chi connectivity index (χ0) is 21.0. The molecular formula is C25H32N2O2. The summed E-state index contributed by atoms with van der Waals surface area (Å²) < 4.78 is 0. The second-order valence-corrected chi connectivity index (χ2v) is 9.10. The molecule has 0 aromatic heterocycles. The van der Waals surface area contributed by atoms with Crippen molar-refractivity contribution in [1.82, 2.24) is 4.90 Å². The molecule has 0 radical (unpaired) electrons. The van der Waals surface area contributed by atoms with Crippen molar-refractivity contribution in [2.45, 2.75) is 52.4 Å². The first-order chi connectivity index (χ1) is 13.7. The van der Waals surface area contributed by atoms with E-state index in [1.54, 1.807) is 0 Å². The van der Waals surface area contributed by atoms with Gasteiger partial charge >= 0.3 is 0 Å². The van der Waals surface area contributed by atoms with E-state index >= 15 is 0 Å². The Hall–Kier alpha value is -2.62. The van der Waals surface area contributed by atoms with Gasteiger partial charge in [-0.1, -0.05) is 68.8 Å². The lowest BCUT2D eigenvalue weighted by molar-refractivity contribution is -0.133. The first-order valence-corrected chi connectivity index (χ1v) is 10.5. The van der Waals surface area contributed by atoms with E-state index in [4.69, 9.17) is 0 Å². The van der Waals surface area contributed by atoms with E-state index in [0.717, 1.165) is 16.8 Å². The zero-order valence-corrected chi connectivity index (χ0v) is 18.0. The third-order valence-electron chi connectivity index (χ3n) is 5.69. The summed E-state index contributed by atoms with van der Waals surface area (Å²) in [5.41, 5.74) is 4.23. The van der Waals surface area contributed by atoms with Gasteiger partial charge in [-0.15, -0.1) is 0 Å². The summed E-state index contributed by atoms with van der Waals surface area (Å²) >= 11 is 0. The molecule has 1 saturated heterocycles. The summed E-state index contributed by atoms with van der Waals surface area (Å²) in [6.45, 7) is 9.77. The fourth-order valence-electron chi connectivity index (χ4n) is 3.86. The number of carbonyl (C=O) groups is 2. The Bertz CT molecular complexity index is 857. The number of carbonyl (C=O) groups excluding carboxylic acids is 2. The van der Waals surface area contributed by atoms with E-state index in [9.17, 15) is 9.59 Å². The lowest BCUT2D eigenvalue weighted by atomic mass is 9.85. The number of piperidine rings is 1. The number of anilines is 1. The van der Waals surface area contributed by atoms with Gasteiger partial charge in [-0.05, 0) is 42.4 Å². The van der Waals surface area contributed by atoms with Crippen LogP contribution in [0.15, 0.2) is 48.5 Å². The van der Waals surface area contributed by atoms with Crippen LogP contribution in [0.25, 0.3) is 0 Å². The average molecular weight is 393 g/mol. The van der Waals surface area contributed by atoms with Gasteiger partial charge < -0.3 is 10.2 Å². The number of rotatable bonds is 4. The third kappa shape index (κ3) is 5.47. The van der Waals surface area contributed by atoms with Gasteiger partial charge in [0.1, 0.15) is 0 Å². The molecule has 0 unspecified atom stereocenters. The highest BCUT2D eigenvalue weighted by atomic mass is 16.2. The van der Waals surface area contributed by atoms with Gasteiger partial charge in [-0.25, -0.2) is 0 Å². The van der Waals surface area contributed by atoms with Crippen molar-refractivity contribution < 1.29 is 9.59 Å². The molecule has 0 aliphatic carbocycles. The van der Waals surface area contributed by atoms with Crippen molar-refractivity contribution in [3.8, 4) is 0 Å². The molecule has 0 bridgehead atoms. The normalized spacial score (nSPS) is 15.2. The largest absolute Gasteiger partial charge is 0.342 e. The van der Waals surface area contributed by atoms with Crippen molar-refractivity contribution in [3.63, 3.8) is 0 Å². The number of nitrogens with one attached hydrogen (secondary N) is 1. The Morgan fingerprint density at radius 2 is 1.62 bits per heavy atom. The molecule has 4 heteroatoms. The molecule has 3 rings (SSSR count). The molecule has 2 amide bonds. The lowest BCUT2D eigenvalue weighted by Crippen LogP contribution is -2.42. The van der Waals surface area contributed by atoms with Crippen LogP contribution in [-0.4, -0.2) is 29.8 Å². The van der Waals surface area contributed by atoms with Gasteiger partial charge in [0, 0.05) is 24.7 Å². The molecule has 2 aromatic rings. The standard InChI is InChI=1S/C25H32N2O2/c1-18-9-11-19(12-10-18)17-23(28)27-15-13-20(14-16-27)24(29)26-22-8-6-5-7-21(22)25(2,3)4/h5-12,20H,13-17H2,1-4H3,(H,26,29). The van der Waals surface area contributed by atoms with Crippen LogP contribution in [0.3, 0.4) is 0 Å². The number of nitrogens with zero attached hydrogens (tertiary/aromatic N) is 1. The fourth-order valence-corrected chi connectivity index (χ4v) is 3.86. The van der Waals surface area contributed by atoms with Crippen LogP contribution in [0.5, 0.6) is 0 Å². The Morgan fingerprint density at radius 1 is 1.00 bits per heavy atom. The second kappa shape index (κ2) is 8.81. The maximum Gasteiger partial charge on any atom is 0.227 e. The van der Waals surface area contributed by atoms with Crippen LogP contribution in [0.4, 0.5) is 5.69 Å². The van der Waals surface area contributed by atoms with E-state index in [2.05, 4.69) is 32.2 Å². The number of aryl methyl sites for hydroxylation is 1. The topological polar surface area (TPSA) is 49.4 Å². The summed E-state index contributed by atoms with van der Waals surface area (Å²) in [4.78, 5) is 27.3. The molecule has 29 heavy (non-hydrogen) atoms. The van der Waals surface area contributed by atoms with Gasteiger partial charge in [-0.3, -0.25) is 9.59 Å². The smallest absolute Gasteiger partial charge is 0.227 e. The summed E-state index contributed by atoms with van der Waals surface area (Å²) in [5, 5.41) is 3.13. The van der Waals surface area contributed by atoms with Crippen LogP contribution >= 0.6 is 0 Å². The van der Waals surface area contributed by atoms with Gasteiger partial charge in [-0.2, -0.15) is 0 Å². The van der Waals surface area contributed by atoms with Crippen LogP contribution in [-0.2, 0) is 21.4 Å². The number of hydrogen-bond donors (Lipinski definition) is 1. The second-order valence-electron chi connectivity index (χ2n) is 9.10. The number of benzene rings is 2. The quantitative estimate of drug-likeness (QED) is 0.819. The van der Waals surface area contributed by atoms with Gasteiger partial charge in [0.05, 0.1) is 6.42 Å². The summed E-state index contributed by atoms with van der Waals surface area (Å²) in [5.74, 6) is 0.157. The number of amides is 2. The van der Waals surface area contributed by atoms with Gasteiger partial charge in [0.25, 0.3) is 0 Å². The monoisotopic (exact) mass is 392 g/mol. The zero-order valence-electron chi connectivity index (χ0n) is 18.0. The first-order valence-electron chi connectivity index (χ1n) is 10.5. The molecule has 1 heterocycles. The van der Waals surface area contributed by atoms with E-state index in [0.29, 0.717) is 32.4 Å². The molecule has 0 spiro atoms. The first kappa shape index (κ1) is 21.1. The number of hydrogen-bond acceptors (Lipinski definition) is 2. The van der Waals surface area contributed by atoms with Crippen molar-refractivity contribution in [1.29, 1.82) is 0 Å². The molecule has 4 nitrogen and oxygen atoms in total. The van der Waals surface area contributed by atoms with E-state index in [1.807, 2.05) is 54.3 Å². The van der Waals surface area contributed by atoms with Gasteiger partial charge in [0.15, 0.2) is 0 Å². The van der Waals surface area contributed by atoms with Crippen LogP contribution in [0, 0.1) is 12.8 Å². The minimum atomic E-state index is -0.0496. The summed E-state index contributed by atoms with van der Waals surface area (Å²) in [6, 6.07) is 16.1. The molecule has 154 valence electrons. The molecule has 1 aliphatic heterocycles. The Balaban J connectivity index is 1.55. The van der Waals surface area contributed by atoms with Crippen molar-refractivity contribution in [2.24, 2.45) is 5.92 Å². The van der Waals surface area contributed by atoms with Crippen molar-refractivity contribution in [2.75, 3.05) is 18.4 Å². The lowest BCUT2D eigenvalue weighted by Gasteiger charge is -2.32. The molecule has 1 fully saturated rings. The highest BCUT2D eigenvalue weighted by molar-refractivity contribution is 5.93. The molecule has 0 atom stereocenters. The number of likely N-dealkylation sites (tertiary alicyclic amines) is 1. The van der Waals surface area contributed by atoms with E-state index in [-0.39, 0.29) is 23.1 Å². The molecule has 1 N–H and O–H groups in total. The highest BCUT2D eigenvalue weighted by Crippen LogP contribution is 2.30. The predicted molar refractivity (Wildman–Crippen MR) is 118 cm³/mol. The molecule has 1 aliphatic rings. The minimum Gasteiger partial charge on any atom is -0.342 e. The minimum absolute atomic E-state index is 0.0321. The SMILES string of the molecule is Cc1ccc(CC(=O)N2CCC(C(=O)Nc3ccccc3C(C)(C)C)CC2)cc1. The number of para-hydroxylation sites is 1. The Morgan fingerprint density at radius 3 is 2.24 bits per heavy atom. The van der Waals surface area contributed by atoms with Crippen LogP contribution < -0.4 is 5.32 Å². The summed E-state index contributed by atoms with van der Waals surface area (Å²) in [6.07, 6.45) is 1.85. The molecular weight excluding hydrogens is 360 g/mol. The Labute approximate surface area is 174 Å². The maximum atomic E-state index is 12.8. The third-order valence-corrected chi connectivity index (χ3v) is 5.69. The van der Waals surface area contributed by atoms with E-state index < -0.39 is 0 Å². The predicted octanol–water partition coefficient (Wildman–Crippen LogP) is 4.71. The molecule has 2 aromatic carbocycles. The molecule has 0 saturated carbocycles.